The molecule has 0 saturated heterocycles. The Balaban J connectivity index is 1.62. The summed E-state index contributed by atoms with van der Waals surface area (Å²) in [6.07, 6.45) is 6.72. The molecule has 0 aliphatic heterocycles. The van der Waals surface area contributed by atoms with Crippen molar-refractivity contribution in [3.8, 4) is 5.75 Å². The van der Waals surface area contributed by atoms with E-state index in [2.05, 4.69) is 15.6 Å². The minimum absolute atomic E-state index is 0.125. The Morgan fingerprint density at radius 3 is 2.52 bits per heavy atom. The zero-order valence-corrected chi connectivity index (χ0v) is 14.8. The molecule has 1 amide bonds. The van der Waals surface area contributed by atoms with E-state index in [9.17, 15) is 4.79 Å². The number of anilines is 2. The van der Waals surface area contributed by atoms with E-state index in [1.54, 1.807) is 6.20 Å². The van der Waals surface area contributed by atoms with E-state index in [1.807, 2.05) is 50.2 Å². The largest absolute Gasteiger partial charge is 0.491 e. The number of pyridine rings is 1. The molecule has 1 aliphatic rings. The highest BCUT2D eigenvalue weighted by atomic mass is 16.5. The summed E-state index contributed by atoms with van der Waals surface area (Å²) in [5, 5.41) is 6.36. The van der Waals surface area contributed by atoms with E-state index in [-0.39, 0.29) is 12.0 Å². The number of carbonyl (C=O) groups excluding carboxylic acids is 1. The van der Waals surface area contributed by atoms with Gasteiger partial charge in [-0.15, -0.1) is 0 Å². The first-order chi connectivity index (χ1) is 12.1. The number of benzene rings is 1. The lowest BCUT2D eigenvalue weighted by atomic mass is 10.2. The number of hydrogen-bond acceptors (Lipinski definition) is 4. The molecule has 2 N–H and O–H groups in total. The molecule has 1 saturated carbocycles. The Kier molecular flexibility index (Phi) is 5.53. The van der Waals surface area contributed by atoms with Crippen LogP contribution in [-0.2, 0) is 0 Å². The molecule has 1 aromatic heterocycles. The van der Waals surface area contributed by atoms with Crippen LogP contribution in [0.1, 0.15) is 50.0 Å². The van der Waals surface area contributed by atoms with Crippen LogP contribution >= 0.6 is 0 Å². The quantitative estimate of drug-likeness (QED) is 0.815. The Hall–Kier alpha value is -2.56. The maximum atomic E-state index is 12.4. The van der Waals surface area contributed by atoms with Crippen molar-refractivity contribution >= 4 is 17.3 Å². The van der Waals surface area contributed by atoms with Crippen molar-refractivity contribution < 1.29 is 9.53 Å². The summed E-state index contributed by atoms with van der Waals surface area (Å²) in [5.74, 6) is 0.571. The summed E-state index contributed by atoms with van der Waals surface area (Å²) in [6, 6.07) is 11.6. The third-order valence-electron chi connectivity index (χ3n) is 4.20. The molecule has 0 bridgehead atoms. The first-order valence-corrected chi connectivity index (χ1v) is 8.91. The monoisotopic (exact) mass is 339 g/mol. The van der Waals surface area contributed by atoms with Gasteiger partial charge in [0.05, 0.1) is 6.10 Å². The SMILES string of the molecule is CC(C)Oc1ccc(NC(=O)c2cc(NC3CCCC3)ccn2)cc1. The van der Waals surface area contributed by atoms with E-state index < -0.39 is 0 Å². The fourth-order valence-corrected chi connectivity index (χ4v) is 3.03. The average Bonchev–Trinajstić information content (AvgIpc) is 3.09. The number of amides is 1. The second-order valence-corrected chi connectivity index (χ2v) is 6.70. The predicted molar refractivity (Wildman–Crippen MR) is 100 cm³/mol. The Bertz CT molecular complexity index is 707. The summed E-state index contributed by atoms with van der Waals surface area (Å²) < 4.78 is 5.60. The van der Waals surface area contributed by atoms with Gasteiger partial charge in [0.25, 0.3) is 5.91 Å². The molecule has 5 heteroatoms. The van der Waals surface area contributed by atoms with Crippen LogP contribution in [0.15, 0.2) is 42.6 Å². The highest BCUT2D eigenvalue weighted by molar-refractivity contribution is 6.03. The van der Waals surface area contributed by atoms with Crippen molar-refractivity contribution in [1.82, 2.24) is 4.98 Å². The maximum absolute atomic E-state index is 12.4. The van der Waals surface area contributed by atoms with Crippen molar-refractivity contribution in [2.45, 2.75) is 51.7 Å². The number of carbonyl (C=O) groups is 1. The van der Waals surface area contributed by atoms with Crippen molar-refractivity contribution in [2.24, 2.45) is 0 Å². The van der Waals surface area contributed by atoms with Gasteiger partial charge in [0.1, 0.15) is 11.4 Å². The molecule has 5 nitrogen and oxygen atoms in total. The molecule has 2 aromatic rings. The zero-order chi connectivity index (χ0) is 17.6. The van der Waals surface area contributed by atoms with Crippen molar-refractivity contribution in [3.05, 3.63) is 48.3 Å². The van der Waals surface area contributed by atoms with E-state index in [4.69, 9.17) is 4.74 Å². The third kappa shape index (κ3) is 4.95. The first-order valence-electron chi connectivity index (χ1n) is 8.91. The van der Waals surface area contributed by atoms with Crippen LogP contribution in [0, 0.1) is 0 Å². The zero-order valence-electron chi connectivity index (χ0n) is 14.8. The van der Waals surface area contributed by atoms with Crippen molar-refractivity contribution in [3.63, 3.8) is 0 Å². The van der Waals surface area contributed by atoms with E-state index in [0.717, 1.165) is 17.1 Å². The molecular formula is C20H25N3O2. The van der Waals surface area contributed by atoms with E-state index >= 15 is 0 Å². The molecule has 25 heavy (non-hydrogen) atoms. The van der Waals surface area contributed by atoms with Crippen molar-refractivity contribution in [2.75, 3.05) is 10.6 Å². The Labute approximate surface area is 148 Å². The van der Waals surface area contributed by atoms with E-state index in [0.29, 0.717) is 11.7 Å². The van der Waals surface area contributed by atoms with Crippen LogP contribution in [0.25, 0.3) is 0 Å². The number of rotatable bonds is 6. The lowest BCUT2D eigenvalue weighted by molar-refractivity contribution is 0.102. The molecule has 1 heterocycles. The normalized spacial score (nSPS) is 14.5. The van der Waals surface area contributed by atoms with Crippen LogP contribution < -0.4 is 15.4 Å². The van der Waals surface area contributed by atoms with Crippen molar-refractivity contribution in [1.29, 1.82) is 0 Å². The third-order valence-corrected chi connectivity index (χ3v) is 4.20. The highest BCUT2D eigenvalue weighted by Gasteiger charge is 2.15. The van der Waals surface area contributed by atoms with Gasteiger partial charge in [-0.05, 0) is 63.1 Å². The summed E-state index contributed by atoms with van der Waals surface area (Å²) in [7, 11) is 0. The predicted octanol–water partition coefficient (Wildman–Crippen LogP) is 4.48. The standard InChI is InChI=1S/C20H25N3O2/c1-14(2)25-18-9-7-16(8-10-18)23-20(24)19-13-17(11-12-21-19)22-15-5-3-4-6-15/h7-15H,3-6H2,1-2H3,(H,21,22)(H,23,24). The number of ether oxygens (including phenoxy) is 1. The van der Waals surface area contributed by atoms with Crippen LogP contribution in [0.2, 0.25) is 0 Å². The van der Waals surface area contributed by atoms with Gasteiger partial charge in [0.15, 0.2) is 0 Å². The van der Waals surface area contributed by atoms with Gasteiger partial charge in [-0.1, -0.05) is 12.8 Å². The second-order valence-electron chi connectivity index (χ2n) is 6.70. The maximum Gasteiger partial charge on any atom is 0.274 e. The molecule has 0 spiro atoms. The molecule has 0 unspecified atom stereocenters. The van der Waals surface area contributed by atoms with Gasteiger partial charge < -0.3 is 15.4 Å². The molecule has 1 aliphatic carbocycles. The number of hydrogen-bond donors (Lipinski definition) is 2. The summed E-state index contributed by atoms with van der Waals surface area (Å²) >= 11 is 0. The summed E-state index contributed by atoms with van der Waals surface area (Å²) in [5.41, 5.74) is 2.08. The lowest BCUT2D eigenvalue weighted by Crippen LogP contribution is -2.17. The van der Waals surface area contributed by atoms with Gasteiger partial charge in [-0.2, -0.15) is 0 Å². The molecule has 3 rings (SSSR count). The molecule has 1 fully saturated rings. The molecule has 0 atom stereocenters. The number of nitrogens with one attached hydrogen (secondary N) is 2. The molecule has 132 valence electrons. The fraction of sp³-hybridized carbons (Fsp3) is 0.400. The first kappa shape index (κ1) is 17.3. The highest BCUT2D eigenvalue weighted by Crippen LogP contribution is 2.22. The molecule has 1 aromatic carbocycles. The topological polar surface area (TPSA) is 63.2 Å². The van der Waals surface area contributed by atoms with Gasteiger partial charge in [0, 0.05) is 23.6 Å². The van der Waals surface area contributed by atoms with Crippen LogP contribution in [0.3, 0.4) is 0 Å². The minimum atomic E-state index is -0.215. The second kappa shape index (κ2) is 8.01. The van der Waals surface area contributed by atoms with Crippen LogP contribution in [0.5, 0.6) is 5.75 Å². The Morgan fingerprint density at radius 1 is 1.12 bits per heavy atom. The number of aromatic nitrogens is 1. The summed E-state index contributed by atoms with van der Waals surface area (Å²) in [4.78, 5) is 16.6. The minimum Gasteiger partial charge on any atom is -0.491 e. The lowest BCUT2D eigenvalue weighted by Gasteiger charge is -2.14. The Morgan fingerprint density at radius 2 is 1.84 bits per heavy atom. The number of nitrogens with zero attached hydrogens (tertiary/aromatic N) is 1. The average molecular weight is 339 g/mol. The van der Waals surface area contributed by atoms with Crippen LogP contribution in [-0.4, -0.2) is 23.0 Å². The van der Waals surface area contributed by atoms with E-state index in [1.165, 1.54) is 25.7 Å². The fourth-order valence-electron chi connectivity index (χ4n) is 3.03. The van der Waals surface area contributed by atoms with Gasteiger partial charge in [-0.25, -0.2) is 0 Å². The van der Waals surface area contributed by atoms with Crippen LogP contribution in [0.4, 0.5) is 11.4 Å². The van der Waals surface area contributed by atoms with Gasteiger partial charge in [0.2, 0.25) is 0 Å². The summed E-state index contributed by atoms with van der Waals surface area (Å²) in [6.45, 7) is 3.96. The molecular weight excluding hydrogens is 314 g/mol. The smallest absolute Gasteiger partial charge is 0.274 e. The van der Waals surface area contributed by atoms with Gasteiger partial charge in [-0.3, -0.25) is 9.78 Å². The van der Waals surface area contributed by atoms with Gasteiger partial charge >= 0.3 is 0 Å². The molecule has 0 radical (unpaired) electrons.